The normalized spacial score (nSPS) is 11.0. The van der Waals surface area contributed by atoms with Gasteiger partial charge in [0.05, 0.1) is 11.9 Å². The zero-order valence-electron chi connectivity index (χ0n) is 15.5. The Morgan fingerprint density at radius 2 is 1.93 bits per heavy atom. The molecule has 0 aliphatic carbocycles. The summed E-state index contributed by atoms with van der Waals surface area (Å²) < 4.78 is 1.62. The van der Waals surface area contributed by atoms with E-state index in [0.29, 0.717) is 22.1 Å². The molecule has 4 aromatic rings. The Bertz CT molecular complexity index is 1170. The fourth-order valence-corrected chi connectivity index (χ4v) is 3.23. The molecule has 7 heteroatoms. The third-order valence-electron chi connectivity index (χ3n) is 4.62. The molecule has 0 bridgehead atoms. The van der Waals surface area contributed by atoms with Crippen LogP contribution in [0.4, 0.5) is 5.69 Å². The van der Waals surface area contributed by atoms with Crippen LogP contribution in [0.1, 0.15) is 28.7 Å². The molecule has 0 aliphatic rings. The van der Waals surface area contributed by atoms with Crippen molar-refractivity contribution < 1.29 is 4.79 Å². The average Bonchev–Trinajstić information content (AvgIpc) is 3.14. The summed E-state index contributed by atoms with van der Waals surface area (Å²) in [5.41, 5.74) is 5.03. The first-order valence-corrected chi connectivity index (χ1v) is 9.32. The number of nitrogens with zero attached hydrogens (tertiary/aromatic N) is 4. The Hall–Kier alpha value is -3.25. The van der Waals surface area contributed by atoms with Crippen molar-refractivity contribution >= 4 is 28.8 Å². The maximum absolute atomic E-state index is 12.7. The molecule has 1 amide bonds. The van der Waals surface area contributed by atoms with Crippen molar-refractivity contribution in [3.63, 3.8) is 0 Å². The van der Waals surface area contributed by atoms with E-state index in [-0.39, 0.29) is 11.6 Å². The summed E-state index contributed by atoms with van der Waals surface area (Å²) in [4.78, 5) is 12.7. The second-order valence-electron chi connectivity index (χ2n) is 6.44. The van der Waals surface area contributed by atoms with Gasteiger partial charge in [-0.3, -0.25) is 4.79 Å². The van der Waals surface area contributed by atoms with E-state index in [2.05, 4.69) is 27.5 Å². The predicted molar refractivity (Wildman–Crippen MR) is 110 cm³/mol. The lowest BCUT2D eigenvalue weighted by atomic mass is 10.1. The third kappa shape index (κ3) is 3.34. The number of rotatable bonds is 4. The second kappa shape index (κ2) is 7.40. The van der Waals surface area contributed by atoms with Crippen molar-refractivity contribution in [2.24, 2.45) is 0 Å². The van der Waals surface area contributed by atoms with E-state index in [1.54, 1.807) is 17.6 Å². The fourth-order valence-electron chi connectivity index (χ4n) is 3.04. The molecule has 4 rings (SSSR count). The molecule has 0 atom stereocenters. The molecule has 0 radical (unpaired) electrons. The van der Waals surface area contributed by atoms with Gasteiger partial charge in [-0.15, -0.1) is 10.2 Å². The molecule has 1 N–H and O–H groups in total. The van der Waals surface area contributed by atoms with Crippen LogP contribution in [-0.2, 0) is 6.42 Å². The van der Waals surface area contributed by atoms with Crippen molar-refractivity contribution in [1.29, 1.82) is 0 Å². The first kappa shape index (κ1) is 18.1. The van der Waals surface area contributed by atoms with E-state index in [1.807, 2.05) is 48.5 Å². The number of anilines is 1. The molecule has 0 saturated heterocycles. The highest BCUT2D eigenvalue weighted by atomic mass is 35.5. The lowest BCUT2D eigenvalue weighted by Crippen LogP contribution is -2.18. The number of halogens is 1. The number of aryl methyl sites for hydroxylation is 2. The molecule has 2 aromatic carbocycles. The van der Waals surface area contributed by atoms with Crippen molar-refractivity contribution in [3.05, 3.63) is 76.7 Å². The molecule has 0 unspecified atom stereocenters. The van der Waals surface area contributed by atoms with Gasteiger partial charge in [0.25, 0.3) is 5.91 Å². The molecule has 2 aromatic heterocycles. The van der Waals surface area contributed by atoms with Gasteiger partial charge in [-0.2, -0.15) is 5.10 Å². The minimum absolute atomic E-state index is 0.229. The number of nitrogens with one attached hydrogen (secondary N) is 1. The minimum atomic E-state index is -0.323. The highest BCUT2D eigenvalue weighted by Crippen LogP contribution is 2.26. The van der Waals surface area contributed by atoms with E-state index in [0.717, 1.165) is 17.5 Å². The Kier molecular flexibility index (Phi) is 4.79. The monoisotopic (exact) mass is 391 g/mol. The van der Waals surface area contributed by atoms with Crippen molar-refractivity contribution in [2.45, 2.75) is 20.3 Å². The van der Waals surface area contributed by atoms with E-state index in [9.17, 15) is 4.79 Å². The van der Waals surface area contributed by atoms with E-state index < -0.39 is 0 Å². The molecule has 0 aliphatic heterocycles. The Labute approximate surface area is 167 Å². The summed E-state index contributed by atoms with van der Waals surface area (Å²) in [5.74, 6) is -0.323. The van der Waals surface area contributed by atoms with Crippen molar-refractivity contribution in [2.75, 3.05) is 5.32 Å². The minimum Gasteiger partial charge on any atom is -0.321 e. The standard InChI is InChI=1S/C21H18ClN5O/c1-3-14-7-9-17(10-8-14)24-21(28)19-13(2)27-20(26-25-19)18(12-23-27)15-5-4-6-16(22)11-15/h4-12H,3H2,1-2H3,(H,24,28). The molecular formula is C21H18ClN5O. The molecule has 0 saturated carbocycles. The van der Waals surface area contributed by atoms with Crippen LogP contribution in [-0.4, -0.2) is 25.7 Å². The number of carbonyl (C=O) groups excluding carboxylic acids is 1. The summed E-state index contributed by atoms with van der Waals surface area (Å²) in [5, 5.41) is 16.3. The highest BCUT2D eigenvalue weighted by molar-refractivity contribution is 6.30. The average molecular weight is 392 g/mol. The van der Waals surface area contributed by atoms with Crippen LogP contribution >= 0.6 is 11.6 Å². The summed E-state index contributed by atoms with van der Waals surface area (Å²) in [6.45, 7) is 3.88. The van der Waals surface area contributed by atoms with Crippen LogP contribution in [0.2, 0.25) is 5.02 Å². The largest absolute Gasteiger partial charge is 0.321 e. The molecule has 0 spiro atoms. The molecule has 140 valence electrons. The van der Waals surface area contributed by atoms with E-state index in [4.69, 9.17) is 11.6 Å². The maximum Gasteiger partial charge on any atom is 0.278 e. The molecule has 0 fully saturated rings. The van der Waals surface area contributed by atoms with Crippen molar-refractivity contribution in [3.8, 4) is 11.1 Å². The van der Waals surface area contributed by atoms with Gasteiger partial charge in [0.15, 0.2) is 11.3 Å². The SMILES string of the molecule is CCc1ccc(NC(=O)c2nnc3c(-c4cccc(Cl)c4)cnn3c2C)cc1. The Morgan fingerprint density at radius 3 is 2.64 bits per heavy atom. The Morgan fingerprint density at radius 1 is 1.14 bits per heavy atom. The van der Waals surface area contributed by atoms with Gasteiger partial charge in [-0.25, -0.2) is 4.52 Å². The van der Waals surface area contributed by atoms with Crippen LogP contribution in [0, 0.1) is 6.92 Å². The van der Waals surface area contributed by atoms with E-state index >= 15 is 0 Å². The summed E-state index contributed by atoms with van der Waals surface area (Å²) in [6, 6.07) is 15.2. The van der Waals surface area contributed by atoms with Crippen LogP contribution in [0.5, 0.6) is 0 Å². The van der Waals surface area contributed by atoms with Crippen LogP contribution in [0.25, 0.3) is 16.8 Å². The van der Waals surface area contributed by atoms with Gasteiger partial charge >= 0.3 is 0 Å². The van der Waals surface area contributed by atoms with Gasteiger partial charge in [0, 0.05) is 16.3 Å². The first-order chi connectivity index (χ1) is 13.6. The summed E-state index contributed by atoms with van der Waals surface area (Å²) in [7, 11) is 0. The third-order valence-corrected chi connectivity index (χ3v) is 4.85. The van der Waals surface area contributed by atoms with Gasteiger partial charge in [0.1, 0.15) is 0 Å². The van der Waals surface area contributed by atoms with Gasteiger partial charge in [-0.05, 0) is 48.7 Å². The van der Waals surface area contributed by atoms with Gasteiger partial charge in [-0.1, -0.05) is 42.8 Å². The number of hydrogen-bond acceptors (Lipinski definition) is 4. The number of hydrogen-bond donors (Lipinski definition) is 1. The summed E-state index contributed by atoms with van der Waals surface area (Å²) >= 11 is 6.09. The molecule has 28 heavy (non-hydrogen) atoms. The maximum atomic E-state index is 12.7. The molecule has 6 nitrogen and oxygen atoms in total. The highest BCUT2D eigenvalue weighted by Gasteiger charge is 2.18. The van der Waals surface area contributed by atoms with Gasteiger partial charge < -0.3 is 5.32 Å². The quantitative estimate of drug-likeness (QED) is 0.553. The second-order valence-corrected chi connectivity index (χ2v) is 6.88. The van der Waals surface area contributed by atoms with Gasteiger partial charge in [0.2, 0.25) is 0 Å². The van der Waals surface area contributed by atoms with E-state index in [1.165, 1.54) is 5.56 Å². The lowest BCUT2D eigenvalue weighted by Gasteiger charge is -2.08. The van der Waals surface area contributed by atoms with Crippen LogP contribution < -0.4 is 5.32 Å². The number of aromatic nitrogens is 4. The van der Waals surface area contributed by atoms with Crippen LogP contribution in [0.3, 0.4) is 0 Å². The predicted octanol–water partition coefficient (Wildman–Crippen LogP) is 4.57. The number of fused-ring (bicyclic) bond motifs is 1. The fraction of sp³-hybridized carbons (Fsp3) is 0.143. The number of amides is 1. The zero-order valence-corrected chi connectivity index (χ0v) is 16.2. The number of carbonyl (C=O) groups is 1. The zero-order chi connectivity index (χ0) is 19.7. The summed E-state index contributed by atoms with van der Waals surface area (Å²) in [6.07, 6.45) is 2.65. The molecule has 2 heterocycles. The Balaban J connectivity index is 1.67. The van der Waals surface area contributed by atoms with Crippen LogP contribution in [0.15, 0.2) is 54.7 Å². The number of benzene rings is 2. The lowest BCUT2D eigenvalue weighted by molar-refractivity contribution is 0.102. The smallest absolute Gasteiger partial charge is 0.278 e. The van der Waals surface area contributed by atoms with Crippen molar-refractivity contribution in [1.82, 2.24) is 19.8 Å². The topological polar surface area (TPSA) is 72.2 Å². The molecular weight excluding hydrogens is 374 g/mol. The first-order valence-electron chi connectivity index (χ1n) is 8.94.